The number of aromatic nitrogens is 3. The minimum atomic E-state index is 0.617. The van der Waals surface area contributed by atoms with Gasteiger partial charge in [0.15, 0.2) is 5.96 Å². The van der Waals surface area contributed by atoms with Crippen LogP contribution in [0.1, 0.15) is 5.56 Å². The zero-order chi connectivity index (χ0) is 17.5. The Hall–Kier alpha value is -2.90. The molecule has 8 heteroatoms. The predicted molar refractivity (Wildman–Crippen MR) is 96.8 cm³/mol. The number of guanidine groups is 1. The highest BCUT2D eigenvalue weighted by Gasteiger charge is 2.21. The number of methoxy groups -OCH3 is 1. The van der Waals surface area contributed by atoms with Gasteiger partial charge in [0.1, 0.15) is 0 Å². The Kier molecular flexibility index (Phi) is 5.61. The van der Waals surface area contributed by atoms with Crippen LogP contribution in [0.3, 0.4) is 0 Å². The molecule has 0 radical (unpaired) electrons. The number of hydrogen-bond acceptors (Lipinski definition) is 6. The van der Waals surface area contributed by atoms with Crippen LogP contribution in [0.15, 0.2) is 41.8 Å². The summed E-state index contributed by atoms with van der Waals surface area (Å²) in [7, 11) is 3.43. The maximum absolute atomic E-state index is 5.29. The molecule has 3 rings (SSSR count). The number of piperazine rings is 1. The van der Waals surface area contributed by atoms with E-state index in [2.05, 4.69) is 35.1 Å². The van der Waals surface area contributed by atoms with Crippen molar-refractivity contribution in [1.82, 2.24) is 25.2 Å². The fourth-order valence-corrected chi connectivity index (χ4v) is 2.82. The van der Waals surface area contributed by atoms with Crippen LogP contribution in [-0.4, -0.2) is 66.1 Å². The highest BCUT2D eigenvalue weighted by Crippen LogP contribution is 2.14. The summed E-state index contributed by atoms with van der Waals surface area (Å²) >= 11 is 0. The maximum atomic E-state index is 5.29. The Bertz CT molecular complexity index is 699. The summed E-state index contributed by atoms with van der Waals surface area (Å²) in [6, 6.07) is 5.73. The molecule has 0 amide bonds. The van der Waals surface area contributed by atoms with Crippen LogP contribution < -0.4 is 15.0 Å². The minimum absolute atomic E-state index is 0.617. The third kappa shape index (κ3) is 4.14. The van der Waals surface area contributed by atoms with Crippen molar-refractivity contribution in [3.05, 3.63) is 42.4 Å². The molecule has 0 unspecified atom stereocenters. The van der Waals surface area contributed by atoms with E-state index >= 15 is 0 Å². The van der Waals surface area contributed by atoms with Crippen LogP contribution in [0.25, 0.3) is 0 Å². The minimum Gasteiger partial charge on any atom is -0.481 e. The molecule has 8 nitrogen and oxygen atoms in total. The monoisotopic (exact) mass is 341 g/mol. The molecule has 1 fully saturated rings. The molecule has 0 spiro atoms. The van der Waals surface area contributed by atoms with Gasteiger partial charge < -0.3 is 19.9 Å². The first kappa shape index (κ1) is 16.9. The summed E-state index contributed by atoms with van der Waals surface area (Å²) in [5.74, 6) is 2.29. The van der Waals surface area contributed by atoms with Gasteiger partial charge in [-0.05, 0) is 12.1 Å². The van der Waals surface area contributed by atoms with Gasteiger partial charge in [-0.3, -0.25) is 4.99 Å². The van der Waals surface area contributed by atoms with E-state index in [1.54, 1.807) is 32.7 Å². The average molecular weight is 341 g/mol. The van der Waals surface area contributed by atoms with Gasteiger partial charge in [-0.25, -0.2) is 15.0 Å². The molecule has 2 aromatic heterocycles. The molecule has 0 atom stereocenters. The quantitative estimate of drug-likeness (QED) is 0.650. The topological polar surface area (TPSA) is 78.8 Å². The first-order chi connectivity index (χ1) is 12.3. The van der Waals surface area contributed by atoms with E-state index in [4.69, 9.17) is 4.74 Å². The lowest BCUT2D eigenvalue weighted by Crippen LogP contribution is -2.52. The van der Waals surface area contributed by atoms with Crippen molar-refractivity contribution < 1.29 is 4.74 Å². The fourth-order valence-electron chi connectivity index (χ4n) is 2.82. The summed E-state index contributed by atoms with van der Waals surface area (Å²) in [6.07, 6.45) is 5.27. The Morgan fingerprint density at radius 3 is 2.52 bits per heavy atom. The van der Waals surface area contributed by atoms with E-state index in [1.807, 2.05) is 18.2 Å². The van der Waals surface area contributed by atoms with Crippen LogP contribution >= 0.6 is 0 Å². The van der Waals surface area contributed by atoms with E-state index < -0.39 is 0 Å². The highest BCUT2D eigenvalue weighted by molar-refractivity contribution is 5.80. The molecule has 1 saturated heterocycles. The van der Waals surface area contributed by atoms with Gasteiger partial charge in [0.05, 0.1) is 7.11 Å². The highest BCUT2D eigenvalue weighted by atomic mass is 16.5. The lowest BCUT2D eigenvalue weighted by molar-refractivity contribution is 0.368. The van der Waals surface area contributed by atoms with Crippen molar-refractivity contribution in [3.63, 3.8) is 0 Å². The molecule has 1 aliphatic heterocycles. The lowest BCUT2D eigenvalue weighted by atomic mass is 10.2. The standard InChI is InChI=1S/C17H23N7O/c1-18-16(22-13-14-5-3-6-19-15(14)25-2)23-9-11-24(12-10-23)17-20-7-4-8-21-17/h3-8H,9-13H2,1-2H3,(H,18,22). The van der Waals surface area contributed by atoms with Gasteiger partial charge in [-0.15, -0.1) is 0 Å². The molecule has 2 aromatic rings. The van der Waals surface area contributed by atoms with Crippen molar-refractivity contribution in [2.45, 2.75) is 6.54 Å². The van der Waals surface area contributed by atoms with Gasteiger partial charge in [0, 0.05) is 63.9 Å². The van der Waals surface area contributed by atoms with Crippen LogP contribution in [0.4, 0.5) is 5.95 Å². The second-order valence-corrected chi connectivity index (χ2v) is 5.60. The summed E-state index contributed by atoms with van der Waals surface area (Å²) in [5.41, 5.74) is 1.00. The largest absolute Gasteiger partial charge is 0.481 e. The zero-order valence-corrected chi connectivity index (χ0v) is 14.6. The second kappa shape index (κ2) is 8.27. The van der Waals surface area contributed by atoms with Gasteiger partial charge in [-0.1, -0.05) is 6.07 Å². The molecule has 1 aliphatic rings. The van der Waals surface area contributed by atoms with E-state index in [-0.39, 0.29) is 0 Å². The van der Waals surface area contributed by atoms with Gasteiger partial charge in [0.2, 0.25) is 11.8 Å². The van der Waals surface area contributed by atoms with Gasteiger partial charge in [0.25, 0.3) is 0 Å². The Labute approximate surface area is 147 Å². The number of hydrogen-bond donors (Lipinski definition) is 1. The molecule has 25 heavy (non-hydrogen) atoms. The maximum Gasteiger partial charge on any atom is 0.225 e. The summed E-state index contributed by atoms with van der Waals surface area (Å²) in [6.45, 7) is 4.07. The van der Waals surface area contributed by atoms with E-state index in [0.29, 0.717) is 12.4 Å². The Balaban J connectivity index is 1.56. The molecular weight excluding hydrogens is 318 g/mol. The molecule has 3 heterocycles. The SMILES string of the molecule is CN=C(NCc1cccnc1OC)N1CCN(c2ncccn2)CC1. The van der Waals surface area contributed by atoms with Crippen molar-refractivity contribution in [2.75, 3.05) is 45.2 Å². The van der Waals surface area contributed by atoms with Crippen LogP contribution in [0, 0.1) is 0 Å². The molecule has 0 saturated carbocycles. The first-order valence-corrected chi connectivity index (χ1v) is 8.27. The van der Waals surface area contributed by atoms with Crippen molar-refractivity contribution >= 4 is 11.9 Å². The van der Waals surface area contributed by atoms with E-state index in [9.17, 15) is 0 Å². The zero-order valence-electron chi connectivity index (χ0n) is 14.6. The molecule has 0 bridgehead atoms. The Morgan fingerprint density at radius 1 is 1.12 bits per heavy atom. The second-order valence-electron chi connectivity index (χ2n) is 5.60. The van der Waals surface area contributed by atoms with Gasteiger partial charge >= 0.3 is 0 Å². The van der Waals surface area contributed by atoms with Crippen LogP contribution in [-0.2, 0) is 6.54 Å². The smallest absolute Gasteiger partial charge is 0.225 e. The van der Waals surface area contributed by atoms with Crippen molar-refractivity contribution in [3.8, 4) is 5.88 Å². The molecular formula is C17H23N7O. The molecule has 1 N–H and O–H groups in total. The number of ether oxygens (including phenoxy) is 1. The third-order valence-electron chi connectivity index (χ3n) is 4.11. The summed E-state index contributed by atoms with van der Waals surface area (Å²) in [4.78, 5) is 21.7. The van der Waals surface area contributed by atoms with E-state index in [1.165, 1.54) is 0 Å². The first-order valence-electron chi connectivity index (χ1n) is 8.27. The molecule has 0 aliphatic carbocycles. The van der Waals surface area contributed by atoms with Crippen LogP contribution in [0.2, 0.25) is 0 Å². The van der Waals surface area contributed by atoms with Gasteiger partial charge in [-0.2, -0.15) is 0 Å². The number of pyridine rings is 1. The van der Waals surface area contributed by atoms with Crippen LogP contribution in [0.5, 0.6) is 5.88 Å². The van der Waals surface area contributed by atoms with Crippen molar-refractivity contribution in [2.24, 2.45) is 4.99 Å². The summed E-state index contributed by atoms with van der Waals surface area (Å²) < 4.78 is 5.29. The number of rotatable bonds is 4. The number of nitrogens with one attached hydrogen (secondary N) is 1. The predicted octanol–water partition coefficient (Wildman–Crippen LogP) is 0.778. The fraction of sp³-hybridized carbons (Fsp3) is 0.412. The van der Waals surface area contributed by atoms with Crippen molar-refractivity contribution in [1.29, 1.82) is 0 Å². The number of anilines is 1. The average Bonchev–Trinajstić information content (AvgIpc) is 2.70. The number of nitrogens with zero attached hydrogens (tertiary/aromatic N) is 6. The summed E-state index contributed by atoms with van der Waals surface area (Å²) in [5, 5.41) is 3.39. The lowest BCUT2D eigenvalue weighted by Gasteiger charge is -2.36. The number of aliphatic imine (C=N–C) groups is 1. The van der Waals surface area contributed by atoms with E-state index in [0.717, 1.165) is 43.7 Å². The normalized spacial score (nSPS) is 15.2. The molecule has 132 valence electrons. The molecule has 0 aromatic carbocycles. The Morgan fingerprint density at radius 2 is 1.84 bits per heavy atom. The third-order valence-corrected chi connectivity index (χ3v) is 4.11.